The number of amides is 3. The Morgan fingerprint density at radius 2 is 1.83 bits per heavy atom. The van der Waals surface area contributed by atoms with Crippen molar-refractivity contribution in [1.82, 2.24) is 4.90 Å². The highest BCUT2D eigenvalue weighted by molar-refractivity contribution is 8.26. The standard InChI is InChI=1S/C24H21N3O5S3/c1-14-6-8-15(9-7-14)25-19(28)12-26-18-5-3-2-4-17(18)20(22(26)29)21-23(30)27(24(33)34-21)16-10-11-35(31,32)13-16/h2-9,16H,10-13H2,1H3,(H,25,28)/b21-20-/t16-/m0/s1. The summed E-state index contributed by atoms with van der Waals surface area (Å²) in [4.78, 5) is 42.5. The van der Waals surface area contributed by atoms with E-state index in [1.54, 1.807) is 36.4 Å². The molecule has 180 valence electrons. The van der Waals surface area contributed by atoms with Gasteiger partial charge in [-0.25, -0.2) is 8.42 Å². The second-order valence-corrected chi connectivity index (χ2v) is 12.5. The molecular weight excluding hydrogens is 506 g/mol. The van der Waals surface area contributed by atoms with Gasteiger partial charge in [0.25, 0.3) is 11.8 Å². The van der Waals surface area contributed by atoms with Crippen molar-refractivity contribution >= 4 is 72.8 Å². The molecule has 2 aromatic rings. The van der Waals surface area contributed by atoms with Crippen molar-refractivity contribution in [2.45, 2.75) is 19.4 Å². The maximum absolute atomic E-state index is 13.5. The first kappa shape index (κ1) is 23.7. The van der Waals surface area contributed by atoms with Gasteiger partial charge < -0.3 is 5.32 Å². The summed E-state index contributed by atoms with van der Waals surface area (Å²) in [6.45, 7) is 1.72. The molecule has 0 aliphatic carbocycles. The van der Waals surface area contributed by atoms with E-state index in [1.807, 2.05) is 19.1 Å². The Morgan fingerprint density at radius 1 is 1.11 bits per heavy atom. The molecule has 35 heavy (non-hydrogen) atoms. The number of nitrogens with zero attached hydrogens (tertiary/aromatic N) is 2. The number of nitrogens with one attached hydrogen (secondary N) is 1. The summed E-state index contributed by atoms with van der Waals surface area (Å²) in [6, 6.07) is 13.8. The number of fused-ring (bicyclic) bond motifs is 1. The van der Waals surface area contributed by atoms with Gasteiger partial charge in [0.1, 0.15) is 10.9 Å². The molecule has 0 spiro atoms. The van der Waals surface area contributed by atoms with Gasteiger partial charge in [-0.1, -0.05) is 59.9 Å². The summed E-state index contributed by atoms with van der Waals surface area (Å²) in [6.07, 6.45) is 0.313. The molecule has 3 heterocycles. The molecule has 3 aliphatic heterocycles. The summed E-state index contributed by atoms with van der Waals surface area (Å²) < 4.78 is 24.2. The van der Waals surface area contributed by atoms with Gasteiger partial charge >= 0.3 is 0 Å². The number of rotatable bonds is 4. The number of carbonyl (C=O) groups is 3. The molecule has 0 unspecified atom stereocenters. The van der Waals surface area contributed by atoms with Crippen molar-refractivity contribution in [3.63, 3.8) is 0 Å². The highest BCUT2D eigenvalue weighted by atomic mass is 32.2. The monoisotopic (exact) mass is 527 g/mol. The molecule has 8 nitrogen and oxygen atoms in total. The summed E-state index contributed by atoms with van der Waals surface area (Å²) in [5.74, 6) is -1.44. The Morgan fingerprint density at radius 3 is 2.51 bits per heavy atom. The SMILES string of the molecule is Cc1ccc(NC(=O)CN2C(=O)/C(=C3\SC(=S)N([C@H]4CCS(=O)(=O)C4)C3=O)c3ccccc32)cc1. The number of anilines is 2. The van der Waals surface area contributed by atoms with Crippen molar-refractivity contribution in [3.8, 4) is 0 Å². The number of para-hydroxylation sites is 1. The minimum absolute atomic E-state index is 0.00622. The number of thioether (sulfide) groups is 1. The second kappa shape index (κ2) is 8.89. The van der Waals surface area contributed by atoms with Crippen LogP contribution in [0, 0.1) is 6.92 Å². The van der Waals surface area contributed by atoms with E-state index in [2.05, 4.69) is 5.32 Å². The molecule has 2 saturated heterocycles. The number of aryl methyl sites for hydroxylation is 1. The predicted octanol–water partition coefficient (Wildman–Crippen LogP) is 2.74. The van der Waals surface area contributed by atoms with Crippen molar-refractivity contribution in [3.05, 3.63) is 64.6 Å². The Balaban J connectivity index is 1.44. The number of hydrogen-bond acceptors (Lipinski definition) is 7. The van der Waals surface area contributed by atoms with Gasteiger partial charge in [0, 0.05) is 11.3 Å². The first-order valence-corrected chi connectivity index (χ1v) is 14.0. The van der Waals surface area contributed by atoms with E-state index in [-0.39, 0.29) is 38.8 Å². The lowest BCUT2D eigenvalue weighted by atomic mass is 10.1. The highest BCUT2D eigenvalue weighted by Gasteiger charge is 2.46. The summed E-state index contributed by atoms with van der Waals surface area (Å²) >= 11 is 6.41. The van der Waals surface area contributed by atoms with Crippen LogP contribution in [0.15, 0.2) is 53.4 Å². The second-order valence-electron chi connectivity index (χ2n) is 8.63. The van der Waals surface area contributed by atoms with Crippen LogP contribution in [-0.2, 0) is 24.2 Å². The minimum Gasteiger partial charge on any atom is -0.325 e. The number of hydrogen-bond donors (Lipinski definition) is 1. The minimum atomic E-state index is -3.22. The average Bonchev–Trinajstić information content (AvgIpc) is 3.40. The maximum Gasteiger partial charge on any atom is 0.267 e. The Hall–Kier alpha value is -3.02. The van der Waals surface area contributed by atoms with Gasteiger partial charge in [-0.3, -0.25) is 24.2 Å². The Labute approximate surface area is 212 Å². The normalized spacial score (nSPS) is 23.2. The number of thiocarbonyl (C=S) groups is 1. The summed E-state index contributed by atoms with van der Waals surface area (Å²) in [7, 11) is -3.22. The zero-order chi connectivity index (χ0) is 24.9. The van der Waals surface area contributed by atoms with Gasteiger partial charge in [-0.15, -0.1) is 0 Å². The largest absolute Gasteiger partial charge is 0.325 e. The first-order valence-electron chi connectivity index (χ1n) is 10.9. The molecule has 0 bridgehead atoms. The third-order valence-corrected chi connectivity index (χ3v) is 9.31. The Kier molecular flexibility index (Phi) is 6.02. The third kappa shape index (κ3) is 4.39. The molecular formula is C24H21N3O5S3. The van der Waals surface area contributed by atoms with E-state index in [1.165, 1.54) is 9.80 Å². The van der Waals surface area contributed by atoms with Crippen molar-refractivity contribution in [2.75, 3.05) is 28.3 Å². The van der Waals surface area contributed by atoms with Crippen LogP contribution in [0.4, 0.5) is 11.4 Å². The van der Waals surface area contributed by atoms with Crippen LogP contribution in [0.3, 0.4) is 0 Å². The highest BCUT2D eigenvalue weighted by Crippen LogP contribution is 2.45. The smallest absolute Gasteiger partial charge is 0.267 e. The molecule has 0 radical (unpaired) electrons. The Bertz CT molecular complexity index is 1420. The average molecular weight is 528 g/mol. The van der Waals surface area contributed by atoms with E-state index in [0.717, 1.165) is 17.3 Å². The predicted molar refractivity (Wildman–Crippen MR) is 140 cm³/mol. The van der Waals surface area contributed by atoms with Gasteiger partial charge in [0.2, 0.25) is 5.91 Å². The van der Waals surface area contributed by atoms with E-state index in [4.69, 9.17) is 12.2 Å². The molecule has 0 saturated carbocycles. The molecule has 1 N–H and O–H groups in total. The molecule has 2 aromatic carbocycles. The van der Waals surface area contributed by atoms with Crippen molar-refractivity contribution in [2.24, 2.45) is 0 Å². The lowest BCUT2D eigenvalue weighted by Crippen LogP contribution is -2.39. The van der Waals surface area contributed by atoms with Crippen molar-refractivity contribution in [1.29, 1.82) is 0 Å². The first-order chi connectivity index (χ1) is 16.6. The van der Waals surface area contributed by atoms with Crippen LogP contribution >= 0.6 is 24.0 Å². The van der Waals surface area contributed by atoms with Crippen LogP contribution in [0.1, 0.15) is 17.5 Å². The molecule has 3 aliphatic rings. The number of sulfone groups is 1. The quantitative estimate of drug-likeness (QED) is 0.482. The topological polar surface area (TPSA) is 104 Å². The van der Waals surface area contributed by atoms with Crippen LogP contribution in [0.25, 0.3) is 5.57 Å². The molecule has 11 heteroatoms. The van der Waals surface area contributed by atoms with Gasteiger partial charge in [0.15, 0.2) is 9.84 Å². The molecule has 2 fully saturated rings. The van der Waals surface area contributed by atoms with Crippen molar-refractivity contribution < 1.29 is 22.8 Å². The van der Waals surface area contributed by atoms with Crippen LogP contribution < -0.4 is 10.2 Å². The van der Waals surface area contributed by atoms with Gasteiger partial charge in [0.05, 0.1) is 33.7 Å². The van der Waals surface area contributed by atoms with Crippen LogP contribution in [-0.4, -0.2) is 59.5 Å². The van der Waals surface area contributed by atoms with Gasteiger partial charge in [-0.2, -0.15) is 0 Å². The zero-order valence-electron chi connectivity index (χ0n) is 18.7. The van der Waals surface area contributed by atoms with Gasteiger partial charge in [-0.05, 0) is 31.5 Å². The molecule has 0 aromatic heterocycles. The maximum atomic E-state index is 13.5. The summed E-state index contributed by atoms with van der Waals surface area (Å²) in [5, 5.41) is 2.79. The zero-order valence-corrected chi connectivity index (χ0v) is 21.1. The fourth-order valence-corrected chi connectivity index (χ4v) is 7.63. The lowest BCUT2D eigenvalue weighted by molar-refractivity contribution is -0.123. The molecule has 1 atom stereocenters. The fourth-order valence-electron chi connectivity index (χ4n) is 4.46. The lowest BCUT2D eigenvalue weighted by Gasteiger charge is -2.21. The van der Waals surface area contributed by atoms with Crippen LogP contribution in [0.2, 0.25) is 0 Å². The van der Waals surface area contributed by atoms with E-state index in [0.29, 0.717) is 23.4 Å². The molecule has 5 rings (SSSR count). The van der Waals surface area contributed by atoms with E-state index in [9.17, 15) is 22.8 Å². The van der Waals surface area contributed by atoms with Crippen LogP contribution in [0.5, 0.6) is 0 Å². The third-order valence-electron chi connectivity index (χ3n) is 6.16. The molecule has 3 amide bonds. The van der Waals surface area contributed by atoms with E-state index < -0.39 is 27.7 Å². The summed E-state index contributed by atoms with van der Waals surface area (Å²) in [5.41, 5.74) is 2.93. The number of benzene rings is 2. The fraction of sp³-hybridized carbons (Fsp3) is 0.250. The van der Waals surface area contributed by atoms with E-state index >= 15 is 0 Å². The number of carbonyl (C=O) groups excluding carboxylic acids is 3.